The summed E-state index contributed by atoms with van der Waals surface area (Å²) in [5.74, 6) is 1.53. The standard InChI is InChI=1S/C20H29Cl2FN4O/c1-24-19(28)8-6-4-3-5-7-18-25-20-16(23)13-15(14-17(20)26(18)2)27(11-9-21)12-10-22/h13-14H,3-12H2,1-2H3,(H,24,28). The second-order valence-corrected chi connectivity index (χ2v) is 7.59. The summed E-state index contributed by atoms with van der Waals surface area (Å²) in [6.45, 7) is 1.22. The van der Waals surface area contributed by atoms with E-state index in [0.717, 1.165) is 49.1 Å². The number of aryl methyl sites for hydroxylation is 2. The third-order valence-corrected chi connectivity index (χ3v) is 5.26. The number of halogens is 3. The van der Waals surface area contributed by atoms with Crippen molar-refractivity contribution in [2.75, 3.05) is 36.8 Å². The fourth-order valence-electron chi connectivity index (χ4n) is 3.31. The lowest BCUT2D eigenvalue weighted by atomic mass is 10.1. The molecule has 5 nitrogen and oxygen atoms in total. The number of fused-ring (bicyclic) bond motifs is 1. The molecule has 1 aromatic carbocycles. The molecule has 28 heavy (non-hydrogen) atoms. The highest BCUT2D eigenvalue weighted by molar-refractivity contribution is 6.18. The number of hydrogen-bond donors (Lipinski definition) is 1. The van der Waals surface area contributed by atoms with Gasteiger partial charge in [-0.25, -0.2) is 9.37 Å². The van der Waals surface area contributed by atoms with E-state index >= 15 is 0 Å². The minimum absolute atomic E-state index is 0.0824. The van der Waals surface area contributed by atoms with Crippen LogP contribution in [0.25, 0.3) is 11.0 Å². The Hall–Kier alpha value is -1.53. The highest BCUT2D eigenvalue weighted by Gasteiger charge is 2.16. The molecular formula is C20H29Cl2FN4O. The minimum atomic E-state index is -0.325. The Bertz CT molecular complexity index is 775. The van der Waals surface area contributed by atoms with E-state index in [2.05, 4.69) is 10.3 Å². The van der Waals surface area contributed by atoms with Gasteiger partial charge in [0.05, 0.1) is 5.52 Å². The topological polar surface area (TPSA) is 50.2 Å². The van der Waals surface area contributed by atoms with Gasteiger partial charge < -0.3 is 14.8 Å². The number of hydrogen-bond acceptors (Lipinski definition) is 3. The van der Waals surface area contributed by atoms with Crippen molar-refractivity contribution in [3.63, 3.8) is 0 Å². The van der Waals surface area contributed by atoms with E-state index in [-0.39, 0.29) is 11.7 Å². The Balaban J connectivity index is 2.05. The second kappa shape index (κ2) is 11.5. The van der Waals surface area contributed by atoms with Crippen molar-refractivity contribution < 1.29 is 9.18 Å². The molecule has 0 fully saturated rings. The smallest absolute Gasteiger partial charge is 0.219 e. The summed E-state index contributed by atoms with van der Waals surface area (Å²) in [5, 5.41) is 2.63. The van der Waals surface area contributed by atoms with Gasteiger partial charge in [0.2, 0.25) is 5.91 Å². The summed E-state index contributed by atoms with van der Waals surface area (Å²) in [4.78, 5) is 17.7. The zero-order valence-corrected chi connectivity index (χ0v) is 18.1. The summed E-state index contributed by atoms with van der Waals surface area (Å²) < 4.78 is 16.6. The van der Waals surface area contributed by atoms with Crippen molar-refractivity contribution in [3.05, 3.63) is 23.8 Å². The van der Waals surface area contributed by atoms with Crippen LogP contribution >= 0.6 is 23.2 Å². The number of rotatable bonds is 12. The largest absolute Gasteiger partial charge is 0.369 e. The molecule has 0 bridgehead atoms. The van der Waals surface area contributed by atoms with Crippen molar-refractivity contribution >= 4 is 45.8 Å². The van der Waals surface area contributed by atoms with E-state index in [4.69, 9.17) is 23.2 Å². The number of nitrogens with zero attached hydrogens (tertiary/aromatic N) is 3. The average molecular weight is 431 g/mol. The van der Waals surface area contributed by atoms with Gasteiger partial charge in [-0.05, 0) is 25.0 Å². The van der Waals surface area contributed by atoms with E-state index in [9.17, 15) is 9.18 Å². The molecule has 0 atom stereocenters. The molecule has 0 radical (unpaired) electrons. The maximum absolute atomic E-state index is 14.7. The first kappa shape index (κ1) is 22.8. The van der Waals surface area contributed by atoms with Crippen molar-refractivity contribution in [2.24, 2.45) is 7.05 Å². The predicted molar refractivity (Wildman–Crippen MR) is 115 cm³/mol. The minimum Gasteiger partial charge on any atom is -0.369 e. The number of carbonyl (C=O) groups excluding carboxylic acids is 1. The van der Waals surface area contributed by atoms with Gasteiger partial charge >= 0.3 is 0 Å². The van der Waals surface area contributed by atoms with Crippen molar-refractivity contribution in [3.8, 4) is 0 Å². The number of amides is 1. The normalized spacial score (nSPS) is 11.2. The van der Waals surface area contributed by atoms with Gasteiger partial charge in [0, 0.05) is 57.5 Å². The van der Waals surface area contributed by atoms with Gasteiger partial charge in [-0.2, -0.15) is 0 Å². The van der Waals surface area contributed by atoms with E-state index in [1.54, 1.807) is 7.05 Å². The number of carbonyl (C=O) groups is 1. The number of aromatic nitrogens is 2. The van der Waals surface area contributed by atoms with Gasteiger partial charge in [-0.15, -0.1) is 23.2 Å². The molecule has 0 aliphatic carbocycles. The molecule has 8 heteroatoms. The van der Waals surface area contributed by atoms with Gasteiger partial charge in [-0.3, -0.25) is 4.79 Å². The van der Waals surface area contributed by atoms with E-state index in [1.165, 1.54) is 6.07 Å². The zero-order valence-electron chi connectivity index (χ0n) is 16.6. The van der Waals surface area contributed by atoms with E-state index in [1.807, 2.05) is 22.6 Å². The molecule has 0 aliphatic rings. The Morgan fingerprint density at radius 1 is 1.18 bits per heavy atom. The summed E-state index contributed by atoms with van der Waals surface area (Å²) in [7, 11) is 3.58. The number of unbranched alkanes of at least 4 members (excludes halogenated alkanes) is 3. The lowest BCUT2D eigenvalue weighted by Gasteiger charge is -2.23. The average Bonchev–Trinajstić information content (AvgIpc) is 3.00. The molecule has 1 N–H and O–H groups in total. The SMILES string of the molecule is CNC(=O)CCCCCCc1nc2c(F)cc(N(CCCl)CCCl)cc2n1C. The molecule has 1 heterocycles. The van der Waals surface area contributed by atoms with Crippen molar-refractivity contribution in [1.82, 2.24) is 14.9 Å². The molecule has 0 spiro atoms. The van der Waals surface area contributed by atoms with Crippen LogP contribution in [0.5, 0.6) is 0 Å². The van der Waals surface area contributed by atoms with Gasteiger partial charge in [0.1, 0.15) is 11.3 Å². The lowest BCUT2D eigenvalue weighted by molar-refractivity contribution is -0.120. The van der Waals surface area contributed by atoms with Crippen LogP contribution in [-0.2, 0) is 18.3 Å². The number of anilines is 1. The summed E-state index contributed by atoms with van der Waals surface area (Å²) in [6, 6.07) is 3.47. The molecule has 1 aromatic heterocycles. The number of benzene rings is 1. The first-order chi connectivity index (χ1) is 13.5. The van der Waals surface area contributed by atoms with E-state index < -0.39 is 0 Å². The van der Waals surface area contributed by atoms with Gasteiger partial charge in [-0.1, -0.05) is 12.8 Å². The van der Waals surface area contributed by atoms with Gasteiger partial charge in [0.25, 0.3) is 0 Å². The molecule has 0 saturated carbocycles. The molecule has 0 aliphatic heterocycles. The Kier molecular flexibility index (Phi) is 9.32. The molecule has 2 rings (SSSR count). The number of alkyl halides is 2. The molecule has 0 unspecified atom stereocenters. The Morgan fingerprint density at radius 2 is 1.86 bits per heavy atom. The zero-order chi connectivity index (χ0) is 20.5. The molecule has 0 saturated heterocycles. The van der Waals surface area contributed by atoms with Crippen LogP contribution < -0.4 is 10.2 Å². The first-order valence-electron chi connectivity index (χ1n) is 9.74. The van der Waals surface area contributed by atoms with Crippen molar-refractivity contribution in [1.29, 1.82) is 0 Å². The summed E-state index contributed by atoms with van der Waals surface area (Å²) >= 11 is 11.8. The van der Waals surface area contributed by atoms with Gasteiger partial charge in [0.15, 0.2) is 5.82 Å². The first-order valence-corrected chi connectivity index (χ1v) is 10.8. The fourth-order valence-corrected chi connectivity index (χ4v) is 3.72. The Morgan fingerprint density at radius 3 is 2.50 bits per heavy atom. The van der Waals surface area contributed by atoms with Crippen LogP contribution in [0.4, 0.5) is 10.1 Å². The van der Waals surface area contributed by atoms with Crippen LogP contribution in [0.1, 0.15) is 37.9 Å². The lowest BCUT2D eigenvalue weighted by Crippen LogP contribution is -2.27. The highest BCUT2D eigenvalue weighted by atomic mass is 35.5. The van der Waals surface area contributed by atoms with E-state index in [0.29, 0.717) is 36.8 Å². The van der Waals surface area contributed by atoms with Crippen LogP contribution in [0, 0.1) is 5.82 Å². The second-order valence-electron chi connectivity index (χ2n) is 6.83. The third kappa shape index (κ3) is 5.98. The Labute approximate surface area is 176 Å². The number of nitrogens with one attached hydrogen (secondary N) is 1. The molecular weight excluding hydrogens is 402 g/mol. The summed E-state index contributed by atoms with van der Waals surface area (Å²) in [5.41, 5.74) is 1.95. The summed E-state index contributed by atoms with van der Waals surface area (Å²) in [6.07, 6.45) is 5.22. The maximum Gasteiger partial charge on any atom is 0.219 e. The quantitative estimate of drug-likeness (QED) is 0.404. The maximum atomic E-state index is 14.7. The fraction of sp³-hybridized carbons (Fsp3) is 0.600. The third-order valence-electron chi connectivity index (χ3n) is 4.92. The molecule has 2 aromatic rings. The monoisotopic (exact) mass is 430 g/mol. The van der Waals surface area contributed by atoms with Crippen LogP contribution in [0.3, 0.4) is 0 Å². The molecule has 1 amide bonds. The molecule has 156 valence electrons. The van der Waals surface area contributed by atoms with Crippen molar-refractivity contribution in [2.45, 2.75) is 38.5 Å². The van der Waals surface area contributed by atoms with Crippen LogP contribution in [0.15, 0.2) is 12.1 Å². The predicted octanol–water partition coefficient (Wildman–Crippen LogP) is 4.24. The van der Waals surface area contributed by atoms with Crippen LogP contribution in [-0.4, -0.2) is 47.4 Å². The highest BCUT2D eigenvalue weighted by Crippen LogP contribution is 2.26. The number of imidazole rings is 1. The van der Waals surface area contributed by atoms with Crippen LogP contribution in [0.2, 0.25) is 0 Å².